The maximum atomic E-state index is 13.4. The van der Waals surface area contributed by atoms with E-state index in [-0.39, 0.29) is 12.4 Å². The molecule has 0 saturated carbocycles. The number of aromatic nitrogens is 2. The molecule has 4 nitrogen and oxygen atoms in total. The summed E-state index contributed by atoms with van der Waals surface area (Å²) in [6, 6.07) is 8.23. The van der Waals surface area contributed by atoms with Crippen molar-refractivity contribution in [2.24, 2.45) is 0 Å². The highest BCUT2D eigenvalue weighted by Crippen LogP contribution is 2.15. The van der Waals surface area contributed by atoms with Crippen LogP contribution in [0.3, 0.4) is 0 Å². The van der Waals surface area contributed by atoms with Crippen LogP contribution >= 0.6 is 0 Å². The van der Waals surface area contributed by atoms with Crippen LogP contribution in [0.2, 0.25) is 0 Å². The third kappa shape index (κ3) is 3.64. The first-order valence-corrected chi connectivity index (χ1v) is 6.15. The molecule has 5 heteroatoms. The predicted octanol–water partition coefficient (Wildman–Crippen LogP) is 2.93. The van der Waals surface area contributed by atoms with Gasteiger partial charge >= 0.3 is 0 Å². The minimum Gasteiger partial charge on any atom is -0.473 e. The quantitative estimate of drug-likeness (QED) is 0.899. The van der Waals surface area contributed by atoms with Gasteiger partial charge in [-0.25, -0.2) is 9.37 Å². The summed E-state index contributed by atoms with van der Waals surface area (Å²) < 4.78 is 19.0. The Labute approximate surface area is 111 Å². The van der Waals surface area contributed by atoms with E-state index in [0.717, 1.165) is 6.54 Å². The molecular weight excluding hydrogens is 245 g/mol. The molecule has 0 saturated heterocycles. The van der Waals surface area contributed by atoms with Gasteiger partial charge in [-0.15, -0.1) is 0 Å². The van der Waals surface area contributed by atoms with Crippen LogP contribution < -0.4 is 10.1 Å². The normalized spacial score (nSPS) is 10.3. The molecular formula is C14H16FN3O. The maximum absolute atomic E-state index is 13.4. The van der Waals surface area contributed by atoms with Crippen LogP contribution in [0.5, 0.6) is 5.88 Å². The Bertz CT molecular complexity index is 560. The van der Waals surface area contributed by atoms with E-state index >= 15 is 0 Å². The molecule has 0 unspecified atom stereocenters. The second kappa shape index (κ2) is 6.13. The van der Waals surface area contributed by atoms with Crippen molar-refractivity contribution in [1.29, 1.82) is 0 Å². The maximum Gasteiger partial charge on any atom is 0.219 e. The van der Waals surface area contributed by atoms with Crippen molar-refractivity contribution in [2.75, 3.05) is 11.9 Å². The van der Waals surface area contributed by atoms with E-state index in [0.29, 0.717) is 23.1 Å². The Morgan fingerprint density at radius 2 is 2.05 bits per heavy atom. The second-order valence-electron chi connectivity index (χ2n) is 4.05. The van der Waals surface area contributed by atoms with Crippen molar-refractivity contribution < 1.29 is 9.13 Å². The van der Waals surface area contributed by atoms with E-state index in [1.165, 1.54) is 6.07 Å². The number of aryl methyl sites for hydroxylation is 1. The van der Waals surface area contributed by atoms with Crippen molar-refractivity contribution in [3.05, 3.63) is 47.5 Å². The molecule has 0 radical (unpaired) electrons. The topological polar surface area (TPSA) is 47.0 Å². The standard InChI is InChI=1S/C14H16FN3O/c1-3-16-13-8-14(18-10(2)17-13)19-9-11-6-4-5-7-12(11)15/h4-8H,3,9H2,1-2H3,(H,16,17,18). The highest BCUT2D eigenvalue weighted by molar-refractivity contribution is 5.38. The fourth-order valence-corrected chi connectivity index (χ4v) is 1.65. The van der Waals surface area contributed by atoms with Crippen LogP contribution in [0, 0.1) is 12.7 Å². The summed E-state index contributed by atoms with van der Waals surface area (Å²) in [4.78, 5) is 8.38. The van der Waals surface area contributed by atoms with Crippen molar-refractivity contribution in [3.63, 3.8) is 0 Å². The van der Waals surface area contributed by atoms with Gasteiger partial charge in [0.05, 0.1) is 0 Å². The number of nitrogens with zero attached hydrogens (tertiary/aromatic N) is 2. The highest BCUT2D eigenvalue weighted by Gasteiger charge is 2.05. The number of nitrogens with one attached hydrogen (secondary N) is 1. The largest absolute Gasteiger partial charge is 0.473 e. The van der Waals surface area contributed by atoms with Crippen LogP contribution in [-0.4, -0.2) is 16.5 Å². The first-order chi connectivity index (χ1) is 9.19. The van der Waals surface area contributed by atoms with Gasteiger partial charge in [-0.2, -0.15) is 4.98 Å². The minimum absolute atomic E-state index is 0.148. The molecule has 0 amide bonds. The number of halogens is 1. The first-order valence-electron chi connectivity index (χ1n) is 6.15. The molecule has 0 atom stereocenters. The molecule has 0 bridgehead atoms. The summed E-state index contributed by atoms with van der Waals surface area (Å²) in [6.07, 6.45) is 0. The number of anilines is 1. The average molecular weight is 261 g/mol. The van der Waals surface area contributed by atoms with Crippen LogP contribution in [0.1, 0.15) is 18.3 Å². The van der Waals surface area contributed by atoms with E-state index in [2.05, 4.69) is 15.3 Å². The second-order valence-corrected chi connectivity index (χ2v) is 4.05. The summed E-state index contributed by atoms with van der Waals surface area (Å²) in [5.41, 5.74) is 0.503. The van der Waals surface area contributed by atoms with Crippen molar-refractivity contribution >= 4 is 5.82 Å². The molecule has 1 aromatic carbocycles. The highest BCUT2D eigenvalue weighted by atomic mass is 19.1. The number of ether oxygens (including phenoxy) is 1. The van der Waals surface area contributed by atoms with Crippen molar-refractivity contribution in [2.45, 2.75) is 20.5 Å². The summed E-state index contributed by atoms with van der Waals surface area (Å²) in [5, 5.41) is 3.09. The van der Waals surface area contributed by atoms with E-state index in [1.54, 1.807) is 31.2 Å². The number of hydrogen-bond donors (Lipinski definition) is 1. The van der Waals surface area contributed by atoms with Gasteiger partial charge in [-0.1, -0.05) is 18.2 Å². The summed E-state index contributed by atoms with van der Waals surface area (Å²) in [7, 11) is 0. The molecule has 0 aliphatic heterocycles. The summed E-state index contributed by atoms with van der Waals surface area (Å²) in [6.45, 7) is 4.69. The fraction of sp³-hybridized carbons (Fsp3) is 0.286. The number of rotatable bonds is 5. The smallest absolute Gasteiger partial charge is 0.219 e. The molecule has 100 valence electrons. The zero-order valence-corrected chi connectivity index (χ0v) is 11.0. The van der Waals surface area contributed by atoms with Gasteiger partial charge in [0.15, 0.2) is 0 Å². The third-order valence-electron chi connectivity index (χ3n) is 2.51. The molecule has 1 N–H and O–H groups in total. The Morgan fingerprint density at radius 1 is 1.26 bits per heavy atom. The SMILES string of the molecule is CCNc1cc(OCc2ccccc2F)nc(C)n1. The zero-order chi connectivity index (χ0) is 13.7. The summed E-state index contributed by atoms with van der Waals surface area (Å²) in [5.74, 6) is 1.48. The fourth-order valence-electron chi connectivity index (χ4n) is 1.65. The molecule has 19 heavy (non-hydrogen) atoms. The predicted molar refractivity (Wildman–Crippen MR) is 71.7 cm³/mol. The molecule has 0 spiro atoms. The Balaban J connectivity index is 2.09. The van der Waals surface area contributed by atoms with Gasteiger partial charge in [-0.05, 0) is 19.9 Å². The average Bonchev–Trinajstić information content (AvgIpc) is 2.37. The van der Waals surface area contributed by atoms with Gasteiger partial charge in [0.25, 0.3) is 0 Å². The monoisotopic (exact) mass is 261 g/mol. The Hall–Kier alpha value is -2.17. The van der Waals surface area contributed by atoms with Crippen molar-refractivity contribution in [1.82, 2.24) is 9.97 Å². The minimum atomic E-state index is -0.278. The summed E-state index contributed by atoms with van der Waals surface area (Å²) >= 11 is 0. The van der Waals surface area contributed by atoms with Gasteiger partial charge in [0, 0.05) is 18.2 Å². The molecule has 0 fully saturated rings. The van der Waals surface area contributed by atoms with Gasteiger partial charge < -0.3 is 10.1 Å². The van der Waals surface area contributed by atoms with Gasteiger partial charge in [0.1, 0.15) is 24.1 Å². The number of hydrogen-bond acceptors (Lipinski definition) is 4. The lowest BCUT2D eigenvalue weighted by Gasteiger charge is -2.09. The van der Waals surface area contributed by atoms with Crippen molar-refractivity contribution in [3.8, 4) is 5.88 Å². The Morgan fingerprint density at radius 3 is 2.79 bits per heavy atom. The van der Waals surface area contributed by atoms with Crippen LogP contribution in [-0.2, 0) is 6.61 Å². The molecule has 0 aliphatic carbocycles. The molecule has 2 rings (SSSR count). The molecule has 1 heterocycles. The van der Waals surface area contributed by atoms with Gasteiger partial charge in [0.2, 0.25) is 5.88 Å². The molecule has 2 aromatic rings. The molecule has 1 aromatic heterocycles. The van der Waals surface area contributed by atoms with E-state index in [1.807, 2.05) is 6.92 Å². The first kappa shape index (κ1) is 13.3. The van der Waals surface area contributed by atoms with Crippen LogP contribution in [0.4, 0.5) is 10.2 Å². The van der Waals surface area contributed by atoms with E-state index in [9.17, 15) is 4.39 Å². The lowest BCUT2D eigenvalue weighted by molar-refractivity contribution is 0.287. The van der Waals surface area contributed by atoms with E-state index in [4.69, 9.17) is 4.74 Å². The lowest BCUT2D eigenvalue weighted by Crippen LogP contribution is -2.05. The molecule has 0 aliphatic rings. The Kier molecular flexibility index (Phi) is 4.28. The van der Waals surface area contributed by atoms with E-state index < -0.39 is 0 Å². The number of benzene rings is 1. The van der Waals surface area contributed by atoms with Gasteiger partial charge in [-0.3, -0.25) is 0 Å². The zero-order valence-electron chi connectivity index (χ0n) is 11.0. The third-order valence-corrected chi connectivity index (χ3v) is 2.51. The lowest BCUT2D eigenvalue weighted by atomic mass is 10.2. The van der Waals surface area contributed by atoms with Crippen LogP contribution in [0.25, 0.3) is 0 Å². The van der Waals surface area contributed by atoms with Crippen LogP contribution in [0.15, 0.2) is 30.3 Å².